The van der Waals surface area contributed by atoms with Crippen molar-refractivity contribution < 1.29 is 4.74 Å². The molecule has 1 aliphatic carbocycles. The molecule has 0 bridgehead atoms. The summed E-state index contributed by atoms with van der Waals surface area (Å²) in [7, 11) is 0. The smallest absolute Gasteiger partial charge is 0.192 e. The molecule has 7 heteroatoms. The fraction of sp³-hybridized carbons (Fsp3) is 0.296. The van der Waals surface area contributed by atoms with Gasteiger partial charge in [-0.05, 0) is 62.4 Å². The van der Waals surface area contributed by atoms with E-state index in [-0.39, 0.29) is 0 Å². The van der Waals surface area contributed by atoms with E-state index in [9.17, 15) is 0 Å². The summed E-state index contributed by atoms with van der Waals surface area (Å²) in [4.78, 5) is 4.85. The average Bonchev–Trinajstić information content (AvgIpc) is 3.61. The lowest BCUT2D eigenvalue weighted by molar-refractivity contribution is 0.210. The number of hydrogen-bond acceptors (Lipinski definition) is 6. The summed E-state index contributed by atoms with van der Waals surface area (Å²) in [6.45, 7) is 6.70. The molecule has 2 heterocycles. The van der Waals surface area contributed by atoms with E-state index in [0.29, 0.717) is 12.6 Å². The second-order valence-corrected chi connectivity index (χ2v) is 10.3. The maximum atomic E-state index is 6.11. The molecule has 0 N–H and O–H groups in total. The van der Waals surface area contributed by atoms with E-state index in [1.54, 1.807) is 23.1 Å². The summed E-state index contributed by atoms with van der Waals surface area (Å²) in [5.74, 6) is 2.51. The number of ether oxygens (including phenoxy) is 1. The van der Waals surface area contributed by atoms with Crippen molar-refractivity contribution in [2.24, 2.45) is 0 Å². The zero-order valence-corrected chi connectivity index (χ0v) is 20.9. The van der Waals surface area contributed by atoms with E-state index in [0.717, 1.165) is 51.6 Å². The maximum Gasteiger partial charge on any atom is 0.192 e. The average molecular weight is 489 g/mol. The summed E-state index contributed by atoms with van der Waals surface area (Å²) in [5.41, 5.74) is 4.51. The van der Waals surface area contributed by atoms with Crippen LogP contribution in [0.4, 0.5) is 0 Å². The van der Waals surface area contributed by atoms with E-state index in [1.807, 2.05) is 18.2 Å². The molecule has 0 saturated heterocycles. The number of benzene rings is 2. The summed E-state index contributed by atoms with van der Waals surface area (Å²) < 4.78 is 8.22. The van der Waals surface area contributed by atoms with Gasteiger partial charge >= 0.3 is 0 Å². The van der Waals surface area contributed by atoms with Crippen molar-refractivity contribution in [3.05, 3.63) is 77.8 Å². The van der Waals surface area contributed by atoms with Crippen molar-refractivity contribution >= 4 is 23.1 Å². The molecular weight excluding hydrogens is 460 g/mol. The fourth-order valence-electron chi connectivity index (χ4n) is 4.23. The Kier molecular flexibility index (Phi) is 7.11. The van der Waals surface area contributed by atoms with Crippen molar-refractivity contribution in [1.29, 1.82) is 0 Å². The van der Waals surface area contributed by atoms with Crippen LogP contribution in [-0.2, 0) is 12.3 Å². The highest BCUT2D eigenvalue weighted by atomic mass is 32.2. The molecule has 0 unspecified atom stereocenters. The molecule has 1 saturated carbocycles. The van der Waals surface area contributed by atoms with Crippen LogP contribution in [-0.4, -0.2) is 25.9 Å². The minimum Gasteiger partial charge on any atom is -0.490 e. The van der Waals surface area contributed by atoms with Crippen LogP contribution < -0.4 is 4.74 Å². The summed E-state index contributed by atoms with van der Waals surface area (Å²) in [6, 6.07) is 16.6. The molecule has 1 fully saturated rings. The molecule has 2 aromatic heterocycles. The predicted molar refractivity (Wildman–Crippen MR) is 140 cm³/mol. The number of thiazole rings is 1. The molecule has 0 amide bonds. The van der Waals surface area contributed by atoms with Gasteiger partial charge in [-0.2, -0.15) is 0 Å². The molecule has 0 atom stereocenters. The lowest BCUT2D eigenvalue weighted by atomic mass is 10.1. The van der Waals surface area contributed by atoms with Gasteiger partial charge in [0.2, 0.25) is 0 Å². The first-order chi connectivity index (χ1) is 16.7. The number of rotatable bonds is 9. The Bertz CT molecular complexity index is 1260. The van der Waals surface area contributed by atoms with Crippen LogP contribution in [0.3, 0.4) is 0 Å². The van der Waals surface area contributed by atoms with Gasteiger partial charge in [0.05, 0.1) is 11.8 Å². The molecule has 0 aliphatic heterocycles. The molecule has 0 spiro atoms. The molecule has 5 rings (SSSR count). The van der Waals surface area contributed by atoms with Crippen LogP contribution in [0, 0.1) is 6.92 Å². The Morgan fingerprint density at radius 1 is 1.12 bits per heavy atom. The number of allylic oxidation sites excluding steroid dienone is 1. The lowest BCUT2D eigenvalue weighted by Gasteiger charge is -2.13. The Balaban J connectivity index is 1.29. The Hall–Kier alpha value is -2.90. The van der Waals surface area contributed by atoms with E-state index in [2.05, 4.69) is 70.0 Å². The molecule has 0 radical (unpaired) electrons. The van der Waals surface area contributed by atoms with Gasteiger partial charge in [0.1, 0.15) is 10.8 Å². The summed E-state index contributed by atoms with van der Waals surface area (Å²) in [5, 5.41) is 13.0. The normalized spacial score (nSPS) is 13.9. The van der Waals surface area contributed by atoms with Crippen molar-refractivity contribution in [2.75, 3.05) is 0 Å². The third-order valence-electron chi connectivity index (χ3n) is 6.02. The van der Waals surface area contributed by atoms with Gasteiger partial charge in [-0.3, -0.25) is 4.57 Å². The van der Waals surface area contributed by atoms with Crippen LogP contribution in [0.5, 0.6) is 5.75 Å². The van der Waals surface area contributed by atoms with Gasteiger partial charge in [0, 0.05) is 28.8 Å². The van der Waals surface area contributed by atoms with Gasteiger partial charge in [-0.1, -0.05) is 42.1 Å². The molecule has 4 aromatic rings. The molecule has 1 aliphatic rings. The highest BCUT2D eigenvalue weighted by Crippen LogP contribution is 2.31. The van der Waals surface area contributed by atoms with Gasteiger partial charge < -0.3 is 4.74 Å². The fourth-order valence-corrected chi connectivity index (χ4v) is 6.09. The largest absolute Gasteiger partial charge is 0.490 e. The van der Waals surface area contributed by atoms with Crippen LogP contribution in [0.15, 0.2) is 71.7 Å². The number of aryl methyl sites for hydroxylation is 1. The van der Waals surface area contributed by atoms with E-state index in [4.69, 9.17) is 9.72 Å². The third kappa shape index (κ3) is 5.10. The van der Waals surface area contributed by atoms with Crippen LogP contribution in [0.1, 0.15) is 36.9 Å². The Labute approximate surface area is 208 Å². The summed E-state index contributed by atoms with van der Waals surface area (Å²) in [6.07, 6.45) is 7.08. The van der Waals surface area contributed by atoms with Crippen molar-refractivity contribution in [2.45, 2.75) is 56.2 Å². The van der Waals surface area contributed by atoms with Crippen LogP contribution in [0.25, 0.3) is 22.0 Å². The van der Waals surface area contributed by atoms with Crippen molar-refractivity contribution in [3.8, 4) is 27.7 Å². The predicted octanol–water partition coefficient (Wildman–Crippen LogP) is 7.18. The second-order valence-electron chi connectivity index (χ2n) is 8.50. The molecule has 34 heavy (non-hydrogen) atoms. The standard InChI is InChI=1S/C27H28N4OS2/c1-3-16-31-25(20-12-14-23(15-13-20)32-22-9-5-6-10-22)29-30-27(31)34-18-21-17-33-26(28-21)24-11-7-4-8-19(24)2/h3-4,7-8,11-15,17,22H,1,5-6,9-10,16,18H2,2H3. The zero-order valence-electron chi connectivity index (χ0n) is 19.3. The molecular formula is C27H28N4OS2. The number of aromatic nitrogens is 4. The molecule has 2 aromatic carbocycles. The monoisotopic (exact) mass is 488 g/mol. The van der Waals surface area contributed by atoms with Gasteiger partial charge in [-0.15, -0.1) is 28.1 Å². The van der Waals surface area contributed by atoms with Crippen LogP contribution >= 0.6 is 23.1 Å². The molecule has 5 nitrogen and oxygen atoms in total. The first-order valence-electron chi connectivity index (χ1n) is 11.7. The minimum absolute atomic E-state index is 0.357. The minimum atomic E-state index is 0.357. The summed E-state index contributed by atoms with van der Waals surface area (Å²) >= 11 is 3.34. The van der Waals surface area contributed by atoms with E-state index >= 15 is 0 Å². The second kappa shape index (κ2) is 10.6. The maximum absolute atomic E-state index is 6.11. The van der Waals surface area contributed by atoms with Gasteiger partial charge in [-0.25, -0.2) is 4.98 Å². The third-order valence-corrected chi connectivity index (χ3v) is 7.95. The zero-order chi connectivity index (χ0) is 23.3. The van der Waals surface area contributed by atoms with Crippen molar-refractivity contribution in [1.82, 2.24) is 19.7 Å². The Morgan fingerprint density at radius 2 is 1.91 bits per heavy atom. The first-order valence-corrected chi connectivity index (χ1v) is 13.5. The topological polar surface area (TPSA) is 52.8 Å². The number of nitrogens with zero attached hydrogens (tertiary/aromatic N) is 4. The first kappa shape index (κ1) is 22.9. The molecule has 174 valence electrons. The lowest BCUT2D eigenvalue weighted by Crippen LogP contribution is -2.10. The highest BCUT2D eigenvalue weighted by Gasteiger charge is 2.18. The van der Waals surface area contributed by atoms with Gasteiger partial charge in [0.25, 0.3) is 0 Å². The number of thioether (sulfide) groups is 1. The van der Waals surface area contributed by atoms with E-state index in [1.165, 1.54) is 24.0 Å². The Morgan fingerprint density at radius 3 is 2.68 bits per heavy atom. The van der Waals surface area contributed by atoms with E-state index < -0.39 is 0 Å². The van der Waals surface area contributed by atoms with Crippen LogP contribution in [0.2, 0.25) is 0 Å². The highest BCUT2D eigenvalue weighted by molar-refractivity contribution is 7.98. The quantitative estimate of drug-likeness (QED) is 0.184. The van der Waals surface area contributed by atoms with Crippen molar-refractivity contribution in [3.63, 3.8) is 0 Å². The number of hydrogen-bond donors (Lipinski definition) is 0. The van der Waals surface area contributed by atoms with Gasteiger partial charge in [0.15, 0.2) is 11.0 Å². The SMILES string of the molecule is C=CCn1c(SCc2csc(-c3ccccc3C)n2)nnc1-c1ccc(OC2CCCC2)cc1.